The van der Waals surface area contributed by atoms with Crippen molar-refractivity contribution in [2.24, 2.45) is 5.92 Å². The first-order valence-corrected chi connectivity index (χ1v) is 8.64. The van der Waals surface area contributed by atoms with Gasteiger partial charge >= 0.3 is 0 Å². The van der Waals surface area contributed by atoms with Gasteiger partial charge in [0.2, 0.25) is 0 Å². The Morgan fingerprint density at radius 3 is 2.16 bits per heavy atom. The average Bonchev–Trinajstić information content (AvgIpc) is 2.46. The van der Waals surface area contributed by atoms with Crippen molar-refractivity contribution in [2.75, 3.05) is 19.6 Å². The molecular weight excluding hydrogens is 232 g/mol. The first-order chi connectivity index (χ1) is 9.16. The second-order valence-corrected chi connectivity index (χ2v) is 7.13. The monoisotopic (exact) mass is 266 g/mol. The Hall–Kier alpha value is -0.0800. The van der Waals surface area contributed by atoms with Crippen LogP contribution in [-0.4, -0.2) is 36.1 Å². The van der Waals surface area contributed by atoms with Crippen LogP contribution >= 0.6 is 0 Å². The van der Waals surface area contributed by atoms with Crippen LogP contribution in [0.3, 0.4) is 0 Å². The molecule has 0 radical (unpaired) electrons. The van der Waals surface area contributed by atoms with E-state index in [1.54, 1.807) is 0 Å². The summed E-state index contributed by atoms with van der Waals surface area (Å²) >= 11 is 0. The van der Waals surface area contributed by atoms with Crippen molar-refractivity contribution in [3.63, 3.8) is 0 Å². The highest BCUT2D eigenvalue weighted by molar-refractivity contribution is 4.98. The maximum atomic E-state index is 3.85. The van der Waals surface area contributed by atoms with Gasteiger partial charge in [-0.1, -0.05) is 32.6 Å². The SMILES string of the molecule is CCNC(C1CCCCC1)C(C)(C)N1CCCCC1. The molecule has 2 nitrogen and oxygen atoms in total. The Balaban J connectivity index is 2.06. The summed E-state index contributed by atoms with van der Waals surface area (Å²) in [5.74, 6) is 0.894. The lowest BCUT2D eigenvalue weighted by Crippen LogP contribution is -2.61. The van der Waals surface area contributed by atoms with Crippen molar-refractivity contribution in [1.82, 2.24) is 10.2 Å². The topological polar surface area (TPSA) is 15.3 Å². The van der Waals surface area contributed by atoms with Gasteiger partial charge in [0.15, 0.2) is 0 Å². The van der Waals surface area contributed by atoms with E-state index in [-0.39, 0.29) is 0 Å². The molecule has 1 unspecified atom stereocenters. The van der Waals surface area contributed by atoms with E-state index in [1.807, 2.05) is 0 Å². The molecule has 2 fully saturated rings. The third-order valence-corrected chi connectivity index (χ3v) is 5.48. The fourth-order valence-corrected chi connectivity index (χ4v) is 4.35. The minimum absolute atomic E-state index is 0.318. The molecule has 1 atom stereocenters. The van der Waals surface area contributed by atoms with E-state index in [2.05, 4.69) is 31.0 Å². The summed E-state index contributed by atoms with van der Waals surface area (Å²) in [6.45, 7) is 11.0. The van der Waals surface area contributed by atoms with Gasteiger partial charge in [0.05, 0.1) is 0 Å². The maximum Gasteiger partial charge on any atom is 0.0308 e. The van der Waals surface area contributed by atoms with E-state index in [0.717, 1.165) is 12.5 Å². The van der Waals surface area contributed by atoms with Gasteiger partial charge in [-0.3, -0.25) is 4.90 Å². The van der Waals surface area contributed by atoms with E-state index < -0.39 is 0 Å². The second-order valence-electron chi connectivity index (χ2n) is 7.13. The molecule has 1 heterocycles. The predicted octanol–water partition coefficient (Wildman–Crippen LogP) is 3.81. The van der Waals surface area contributed by atoms with Crippen LogP contribution in [0.1, 0.15) is 72.1 Å². The second kappa shape index (κ2) is 7.08. The third-order valence-electron chi connectivity index (χ3n) is 5.48. The fourth-order valence-electron chi connectivity index (χ4n) is 4.35. The molecule has 0 aromatic carbocycles. The number of piperidine rings is 1. The van der Waals surface area contributed by atoms with Gasteiger partial charge < -0.3 is 5.32 Å². The lowest BCUT2D eigenvalue weighted by Gasteiger charge is -2.49. The van der Waals surface area contributed by atoms with E-state index >= 15 is 0 Å². The van der Waals surface area contributed by atoms with E-state index in [9.17, 15) is 0 Å². The predicted molar refractivity (Wildman–Crippen MR) is 83.5 cm³/mol. The number of hydrogen-bond acceptors (Lipinski definition) is 2. The summed E-state index contributed by atoms with van der Waals surface area (Å²) in [4.78, 5) is 2.76. The van der Waals surface area contributed by atoms with Crippen molar-refractivity contribution in [3.05, 3.63) is 0 Å². The van der Waals surface area contributed by atoms with Gasteiger partial charge in [0.1, 0.15) is 0 Å². The van der Waals surface area contributed by atoms with Crippen LogP contribution in [0.5, 0.6) is 0 Å². The van der Waals surface area contributed by atoms with E-state index in [4.69, 9.17) is 0 Å². The zero-order valence-corrected chi connectivity index (χ0v) is 13.4. The maximum absolute atomic E-state index is 3.85. The largest absolute Gasteiger partial charge is 0.312 e. The van der Waals surface area contributed by atoms with Crippen LogP contribution < -0.4 is 5.32 Å². The highest BCUT2D eigenvalue weighted by Gasteiger charge is 2.39. The number of nitrogens with one attached hydrogen (secondary N) is 1. The number of nitrogens with zero attached hydrogens (tertiary/aromatic N) is 1. The van der Waals surface area contributed by atoms with Crippen LogP contribution in [0, 0.1) is 5.92 Å². The van der Waals surface area contributed by atoms with Gasteiger partial charge in [0.25, 0.3) is 0 Å². The molecule has 19 heavy (non-hydrogen) atoms. The summed E-state index contributed by atoms with van der Waals surface area (Å²) in [5.41, 5.74) is 0.318. The standard InChI is InChI=1S/C17H34N2/c1-4-18-16(15-11-7-5-8-12-15)17(2,3)19-13-9-6-10-14-19/h15-16,18H,4-14H2,1-3H3. The van der Waals surface area contributed by atoms with Crippen molar-refractivity contribution in [1.29, 1.82) is 0 Å². The van der Waals surface area contributed by atoms with Crippen LogP contribution in [0.4, 0.5) is 0 Å². The molecule has 1 N–H and O–H groups in total. The van der Waals surface area contributed by atoms with Gasteiger partial charge in [0, 0.05) is 11.6 Å². The number of likely N-dealkylation sites (tertiary alicyclic amines) is 1. The van der Waals surface area contributed by atoms with Crippen molar-refractivity contribution < 1.29 is 0 Å². The van der Waals surface area contributed by atoms with Crippen molar-refractivity contribution in [3.8, 4) is 0 Å². The Morgan fingerprint density at radius 2 is 1.58 bits per heavy atom. The minimum atomic E-state index is 0.318. The molecule has 2 aliphatic rings. The van der Waals surface area contributed by atoms with Gasteiger partial charge in [-0.15, -0.1) is 0 Å². The smallest absolute Gasteiger partial charge is 0.0308 e. The number of rotatable bonds is 5. The summed E-state index contributed by atoms with van der Waals surface area (Å²) in [6.07, 6.45) is 11.5. The Kier molecular flexibility index (Phi) is 5.70. The minimum Gasteiger partial charge on any atom is -0.312 e. The first-order valence-electron chi connectivity index (χ1n) is 8.64. The first kappa shape index (κ1) is 15.3. The lowest BCUT2D eigenvalue weighted by atomic mass is 9.75. The molecule has 2 rings (SSSR count). The number of likely N-dealkylation sites (N-methyl/N-ethyl adjacent to an activating group) is 1. The Labute approximate surface area is 120 Å². The Morgan fingerprint density at radius 1 is 1.00 bits per heavy atom. The zero-order chi connectivity index (χ0) is 13.7. The van der Waals surface area contributed by atoms with Crippen molar-refractivity contribution >= 4 is 0 Å². The number of hydrogen-bond donors (Lipinski definition) is 1. The van der Waals surface area contributed by atoms with Crippen LogP contribution in [0.25, 0.3) is 0 Å². The summed E-state index contributed by atoms with van der Waals surface area (Å²) < 4.78 is 0. The highest BCUT2D eigenvalue weighted by Crippen LogP contribution is 2.34. The molecule has 0 aromatic rings. The lowest BCUT2D eigenvalue weighted by molar-refractivity contribution is 0.0329. The molecule has 0 aromatic heterocycles. The summed E-state index contributed by atoms with van der Waals surface area (Å²) in [7, 11) is 0. The zero-order valence-electron chi connectivity index (χ0n) is 13.4. The van der Waals surface area contributed by atoms with E-state index in [0.29, 0.717) is 11.6 Å². The highest BCUT2D eigenvalue weighted by atomic mass is 15.2. The molecule has 0 bridgehead atoms. The Bertz CT molecular complexity index is 250. The molecule has 1 aliphatic heterocycles. The molecule has 1 saturated heterocycles. The third kappa shape index (κ3) is 3.72. The molecule has 1 saturated carbocycles. The quantitative estimate of drug-likeness (QED) is 0.814. The molecule has 2 heteroatoms. The van der Waals surface area contributed by atoms with Crippen molar-refractivity contribution in [2.45, 2.75) is 83.7 Å². The summed E-state index contributed by atoms with van der Waals surface area (Å²) in [5, 5.41) is 3.85. The molecule has 0 spiro atoms. The van der Waals surface area contributed by atoms with Crippen LogP contribution in [0.2, 0.25) is 0 Å². The normalized spacial score (nSPS) is 25.4. The molecule has 1 aliphatic carbocycles. The van der Waals surface area contributed by atoms with E-state index in [1.165, 1.54) is 64.5 Å². The molecular formula is C17H34N2. The molecule has 0 amide bonds. The summed E-state index contributed by atoms with van der Waals surface area (Å²) in [6, 6.07) is 0.677. The van der Waals surface area contributed by atoms with Crippen LogP contribution in [-0.2, 0) is 0 Å². The van der Waals surface area contributed by atoms with Gasteiger partial charge in [-0.05, 0) is 65.1 Å². The fraction of sp³-hybridized carbons (Fsp3) is 1.00. The van der Waals surface area contributed by atoms with Gasteiger partial charge in [-0.25, -0.2) is 0 Å². The average molecular weight is 266 g/mol. The van der Waals surface area contributed by atoms with Gasteiger partial charge in [-0.2, -0.15) is 0 Å². The molecule has 112 valence electrons. The van der Waals surface area contributed by atoms with Crippen LogP contribution in [0.15, 0.2) is 0 Å².